The maximum absolute atomic E-state index is 13.1. The van der Waals surface area contributed by atoms with E-state index in [1.54, 1.807) is 6.07 Å². The van der Waals surface area contributed by atoms with E-state index in [-0.39, 0.29) is 5.82 Å². The van der Waals surface area contributed by atoms with Crippen molar-refractivity contribution in [3.63, 3.8) is 0 Å². The first-order valence-corrected chi connectivity index (χ1v) is 4.95. The Morgan fingerprint density at radius 1 is 1.25 bits per heavy atom. The summed E-state index contributed by atoms with van der Waals surface area (Å²) in [5.74, 6) is -0.256. The van der Waals surface area contributed by atoms with Crippen LogP contribution in [0.5, 0.6) is 0 Å². The first-order chi connectivity index (χ1) is 7.84. The van der Waals surface area contributed by atoms with Gasteiger partial charge in [0.1, 0.15) is 11.5 Å². The highest BCUT2D eigenvalue weighted by Crippen LogP contribution is 2.25. The maximum atomic E-state index is 13.1. The lowest BCUT2D eigenvalue weighted by Gasteiger charge is -1.97. The van der Waals surface area contributed by atoms with Crippen LogP contribution in [0.25, 0.3) is 22.2 Å². The minimum absolute atomic E-state index is 0.256. The van der Waals surface area contributed by atoms with Crippen LogP contribution in [0.4, 0.5) is 4.39 Å². The molecule has 1 heterocycles. The van der Waals surface area contributed by atoms with Crippen molar-refractivity contribution in [2.45, 2.75) is 0 Å². The summed E-state index contributed by atoms with van der Waals surface area (Å²) in [6.07, 6.45) is 0. The van der Waals surface area contributed by atoms with Crippen molar-refractivity contribution < 1.29 is 4.39 Å². The number of nitrogens with zero attached hydrogens (tertiary/aromatic N) is 1. The van der Waals surface area contributed by atoms with Gasteiger partial charge in [0.15, 0.2) is 0 Å². The van der Waals surface area contributed by atoms with Gasteiger partial charge in [-0.3, -0.25) is 5.10 Å². The van der Waals surface area contributed by atoms with Crippen molar-refractivity contribution in [3.8, 4) is 11.3 Å². The number of rotatable bonds is 1. The van der Waals surface area contributed by atoms with E-state index in [1.807, 2.05) is 24.3 Å². The molecule has 2 nitrogen and oxygen atoms in total. The van der Waals surface area contributed by atoms with Crippen molar-refractivity contribution >= 4 is 10.9 Å². The van der Waals surface area contributed by atoms with E-state index in [0.717, 1.165) is 22.2 Å². The van der Waals surface area contributed by atoms with Crippen LogP contribution in [-0.2, 0) is 0 Å². The smallest absolute Gasteiger partial charge is 0.123 e. The van der Waals surface area contributed by atoms with Gasteiger partial charge in [-0.15, -0.1) is 0 Å². The molecule has 16 heavy (non-hydrogen) atoms. The van der Waals surface area contributed by atoms with Gasteiger partial charge in [0.25, 0.3) is 0 Å². The lowest BCUT2D eigenvalue weighted by Crippen LogP contribution is -1.80. The third-order valence-corrected chi connectivity index (χ3v) is 2.51. The van der Waals surface area contributed by atoms with Crippen LogP contribution in [0.15, 0.2) is 42.5 Å². The molecule has 77 valence electrons. The second kappa shape index (κ2) is 3.45. The fourth-order valence-electron chi connectivity index (χ4n) is 1.76. The molecule has 3 heteroatoms. The number of hydrogen-bond acceptors (Lipinski definition) is 1. The van der Waals surface area contributed by atoms with Crippen molar-refractivity contribution in [2.75, 3.05) is 0 Å². The Labute approximate surface area is 91.7 Å². The van der Waals surface area contributed by atoms with Gasteiger partial charge < -0.3 is 0 Å². The van der Waals surface area contributed by atoms with E-state index in [0.29, 0.717) is 0 Å². The molecular weight excluding hydrogens is 203 g/mol. The highest BCUT2D eigenvalue weighted by atomic mass is 19.1. The van der Waals surface area contributed by atoms with Gasteiger partial charge in [0, 0.05) is 10.9 Å². The predicted octanol–water partition coefficient (Wildman–Crippen LogP) is 3.17. The first-order valence-electron chi connectivity index (χ1n) is 4.95. The van der Waals surface area contributed by atoms with Crippen molar-refractivity contribution in [2.24, 2.45) is 0 Å². The van der Waals surface area contributed by atoms with Gasteiger partial charge in [-0.2, -0.15) is 5.10 Å². The van der Waals surface area contributed by atoms with Gasteiger partial charge in [-0.25, -0.2) is 4.39 Å². The minimum atomic E-state index is -0.256. The van der Waals surface area contributed by atoms with Crippen LogP contribution in [0.3, 0.4) is 0 Å². The molecule has 0 amide bonds. The summed E-state index contributed by atoms with van der Waals surface area (Å²) in [4.78, 5) is 0. The van der Waals surface area contributed by atoms with Crippen molar-refractivity contribution in [3.05, 3.63) is 54.3 Å². The van der Waals surface area contributed by atoms with Crippen LogP contribution in [0.1, 0.15) is 0 Å². The Balaban J connectivity index is 2.26. The van der Waals surface area contributed by atoms with Gasteiger partial charge in [-0.1, -0.05) is 18.2 Å². The summed E-state index contributed by atoms with van der Waals surface area (Å²) in [6.45, 7) is 0. The third-order valence-electron chi connectivity index (χ3n) is 2.51. The van der Waals surface area contributed by atoms with E-state index in [9.17, 15) is 4.39 Å². The zero-order chi connectivity index (χ0) is 11.0. The van der Waals surface area contributed by atoms with Crippen LogP contribution in [0.2, 0.25) is 0 Å². The maximum Gasteiger partial charge on any atom is 0.123 e. The summed E-state index contributed by atoms with van der Waals surface area (Å²) in [5.41, 5.74) is 2.45. The topological polar surface area (TPSA) is 28.7 Å². The SMILES string of the molecule is Fc1cccc(-c2n[nH]c3cc[c]cc23)c1. The summed E-state index contributed by atoms with van der Waals surface area (Å²) in [5, 5.41) is 8.06. The monoisotopic (exact) mass is 211 g/mol. The van der Waals surface area contributed by atoms with Crippen molar-refractivity contribution in [1.82, 2.24) is 10.2 Å². The Kier molecular flexibility index (Phi) is 1.96. The number of H-pyrrole nitrogens is 1. The zero-order valence-electron chi connectivity index (χ0n) is 8.37. The van der Waals surface area contributed by atoms with E-state index < -0.39 is 0 Å². The van der Waals surface area contributed by atoms with E-state index >= 15 is 0 Å². The number of aromatic nitrogens is 2. The third kappa shape index (κ3) is 1.37. The molecule has 0 atom stereocenters. The van der Waals surface area contributed by atoms with E-state index in [4.69, 9.17) is 0 Å². The molecule has 2 aromatic carbocycles. The molecule has 0 spiro atoms. The molecule has 1 N–H and O–H groups in total. The average molecular weight is 211 g/mol. The normalized spacial score (nSPS) is 10.8. The molecule has 0 saturated carbocycles. The number of benzene rings is 2. The van der Waals surface area contributed by atoms with Gasteiger partial charge >= 0.3 is 0 Å². The summed E-state index contributed by atoms with van der Waals surface area (Å²) in [6, 6.07) is 15.0. The quantitative estimate of drug-likeness (QED) is 0.658. The lowest BCUT2D eigenvalue weighted by molar-refractivity contribution is 0.628. The van der Waals surface area contributed by atoms with E-state index in [1.165, 1.54) is 12.1 Å². The Morgan fingerprint density at radius 3 is 3.06 bits per heavy atom. The molecule has 1 aromatic heterocycles. The Hall–Kier alpha value is -2.16. The highest BCUT2D eigenvalue weighted by Gasteiger charge is 2.07. The summed E-state index contributed by atoms with van der Waals surface area (Å²) >= 11 is 0. The predicted molar refractivity (Wildman–Crippen MR) is 60.3 cm³/mol. The Bertz CT molecular complexity index is 643. The highest BCUT2D eigenvalue weighted by molar-refractivity contribution is 5.92. The van der Waals surface area contributed by atoms with Gasteiger partial charge in [0.05, 0.1) is 5.52 Å². The summed E-state index contributed by atoms with van der Waals surface area (Å²) < 4.78 is 13.1. The molecule has 0 aliphatic heterocycles. The number of aromatic amines is 1. The van der Waals surface area contributed by atoms with Crippen LogP contribution in [0, 0.1) is 11.9 Å². The standard InChI is InChI=1S/C13H8FN2/c14-10-5-3-4-9(8-10)13-11-6-1-2-7-12(11)15-16-13/h2-8H,(H,15,16). The molecule has 0 bridgehead atoms. The fraction of sp³-hybridized carbons (Fsp3) is 0. The summed E-state index contributed by atoms with van der Waals surface area (Å²) in [7, 11) is 0. The molecule has 3 aromatic rings. The molecule has 0 aliphatic rings. The number of fused-ring (bicyclic) bond motifs is 1. The van der Waals surface area contributed by atoms with Crippen LogP contribution in [-0.4, -0.2) is 10.2 Å². The average Bonchev–Trinajstić information content (AvgIpc) is 2.72. The molecule has 0 aliphatic carbocycles. The molecule has 0 unspecified atom stereocenters. The van der Waals surface area contributed by atoms with Gasteiger partial charge in [-0.05, 0) is 30.3 Å². The number of hydrogen-bond donors (Lipinski definition) is 1. The van der Waals surface area contributed by atoms with Crippen LogP contribution < -0.4 is 0 Å². The number of nitrogens with one attached hydrogen (secondary N) is 1. The molecule has 0 saturated heterocycles. The second-order valence-corrected chi connectivity index (χ2v) is 3.55. The fourth-order valence-corrected chi connectivity index (χ4v) is 1.76. The largest absolute Gasteiger partial charge is 0.277 e. The first kappa shape index (κ1) is 9.09. The second-order valence-electron chi connectivity index (χ2n) is 3.55. The van der Waals surface area contributed by atoms with E-state index in [2.05, 4.69) is 16.3 Å². The molecular formula is C13H8FN2. The van der Waals surface area contributed by atoms with Crippen molar-refractivity contribution in [1.29, 1.82) is 0 Å². The number of halogens is 1. The van der Waals surface area contributed by atoms with Crippen LogP contribution >= 0.6 is 0 Å². The lowest BCUT2D eigenvalue weighted by atomic mass is 10.1. The minimum Gasteiger partial charge on any atom is -0.277 e. The molecule has 0 fully saturated rings. The van der Waals surface area contributed by atoms with Gasteiger partial charge in [0.2, 0.25) is 0 Å². The molecule has 3 rings (SSSR count). The Morgan fingerprint density at radius 2 is 2.19 bits per heavy atom. The molecule has 1 radical (unpaired) electrons. The zero-order valence-corrected chi connectivity index (χ0v) is 8.37.